The number of hydrogen-bond acceptors (Lipinski definition) is 4. The Morgan fingerprint density at radius 3 is 2.58 bits per heavy atom. The van der Waals surface area contributed by atoms with Crippen LogP contribution in [-0.2, 0) is 14.3 Å². The molecule has 4 nitrogen and oxygen atoms in total. The van der Waals surface area contributed by atoms with Gasteiger partial charge in [-0.15, -0.1) is 0 Å². The van der Waals surface area contributed by atoms with Crippen LogP contribution in [0.25, 0.3) is 0 Å². The highest BCUT2D eigenvalue weighted by molar-refractivity contribution is 5.90. The lowest BCUT2D eigenvalue weighted by Gasteiger charge is -2.61. The first-order valence-electron chi connectivity index (χ1n) is 10.2. The van der Waals surface area contributed by atoms with Crippen molar-refractivity contribution in [2.75, 3.05) is 0 Å². The van der Waals surface area contributed by atoms with E-state index in [9.17, 15) is 14.7 Å². The van der Waals surface area contributed by atoms with Crippen molar-refractivity contribution in [3.8, 4) is 0 Å². The van der Waals surface area contributed by atoms with Crippen LogP contribution in [0.2, 0.25) is 0 Å². The van der Waals surface area contributed by atoms with E-state index in [-0.39, 0.29) is 47.9 Å². The number of esters is 1. The molecule has 4 aliphatic rings. The highest BCUT2D eigenvalue weighted by Gasteiger charge is 2.68. The van der Waals surface area contributed by atoms with Crippen LogP contribution in [0, 0.1) is 28.6 Å². The molecule has 0 amide bonds. The minimum Gasteiger partial charge on any atom is -0.462 e. The molecule has 0 bridgehead atoms. The van der Waals surface area contributed by atoms with E-state index >= 15 is 4.39 Å². The van der Waals surface area contributed by atoms with Gasteiger partial charge in [-0.1, -0.05) is 13.8 Å². The maximum Gasteiger partial charge on any atom is 0.302 e. The maximum absolute atomic E-state index is 15.9. The number of carbonyl (C=O) groups is 2. The molecule has 4 saturated carbocycles. The summed E-state index contributed by atoms with van der Waals surface area (Å²) in [5.74, 6) is 0.107. The van der Waals surface area contributed by atoms with Gasteiger partial charge in [0.25, 0.3) is 0 Å². The van der Waals surface area contributed by atoms with Crippen LogP contribution in [-0.4, -0.2) is 34.7 Å². The number of rotatable bonds is 1. The molecule has 4 fully saturated rings. The number of fused-ring (bicyclic) bond motifs is 5. The summed E-state index contributed by atoms with van der Waals surface area (Å²) < 4.78 is 21.6. The number of Topliss-reactive ketones (excluding diaryl/α,β-unsaturated/α-hetero) is 1. The van der Waals surface area contributed by atoms with Gasteiger partial charge in [0.05, 0.1) is 6.10 Å². The molecule has 5 heteroatoms. The van der Waals surface area contributed by atoms with Crippen molar-refractivity contribution >= 4 is 11.8 Å². The molecule has 4 rings (SSSR count). The van der Waals surface area contributed by atoms with Gasteiger partial charge in [0.2, 0.25) is 0 Å². The average Bonchev–Trinajstić information content (AvgIpc) is 2.87. The van der Waals surface area contributed by atoms with Crippen molar-refractivity contribution in [2.24, 2.45) is 28.6 Å². The molecule has 146 valence electrons. The van der Waals surface area contributed by atoms with Crippen molar-refractivity contribution in [3.63, 3.8) is 0 Å². The van der Waals surface area contributed by atoms with Crippen molar-refractivity contribution in [1.82, 2.24) is 0 Å². The second-order valence-electron chi connectivity index (χ2n) is 9.84. The maximum atomic E-state index is 15.9. The highest BCUT2D eigenvalue weighted by atomic mass is 19.1. The minimum atomic E-state index is -1.88. The van der Waals surface area contributed by atoms with Gasteiger partial charge < -0.3 is 9.84 Å². The molecule has 26 heavy (non-hydrogen) atoms. The second kappa shape index (κ2) is 5.76. The molecule has 4 aliphatic carbocycles. The quantitative estimate of drug-likeness (QED) is 0.720. The Kier molecular flexibility index (Phi) is 4.08. The SMILES string of the molecule is CC(=O)O[C@H]1CC[C@H]2[C@@H]3CC(=O)[C@@]4(F)C[C@@H](O)CC[C@]4(C)[C@H]3CC[C@]12C. The summed E-state index contributed by atoms with van der Waals surface area (Å²) in [7, 11) is 0. The third-order valence-electron chi connectivity index (χ3n) is 8.76. The lowest BCUT2D eigenvalue weighted by Crippen LogP contribution is -2.65. The van der Waals surface area contributed by atoms with Gasteiger partial charge in [0, 0.05) is 30.6 Å². The van der Waals surface area contributed by atoms with Crippen molar-refractivity contribution in [2.45, 2.75) is 90.0 Å². The molecule has 8 atom stereocenters. The lowest BCUT2D eigenvalue weighted by molar-refractivity contribution is -0.194. The van der Waals surface area contributed by atoms with Crippen molar-refractivity contribution in [3.05, 3.63) is 0 Å². The van der Waals surface area contributed by atoms with Gasteiger partial charge >= 0.3 is 5.97 Å². The fourth-order valence-electron chi connectivity index (χ4n) is 7.32. The van der Waals surface area contributed by atoms with Crippen LogP contribution in [0.3, 0.4) is 0 Å². The molecule has 0 heterocycles. The molecule has 0 aliphatic heterocycles. The van der Waals surface area contributed by atoms with Gasteiger partial charge in [-0.25, -0.2) is 4.39 Å². The number of ketones is 1. The summed E-state index contributed by atoms with van der Waals surface area (Å²) in [6, 6.07) is 0. The Morgan fingerprint density at radius 1 is 1.15 bits per heavy atom. The summed E-state index contributed by atoms with van der Waals surface area (Å²) in [6.07, 6.45) is 4.18. The van der Waals surface area contributed by atoms with Crippen LogP contribution < -0.4 is 0 Å². The molecule has 0 radical (unpaired) electrons. The number of aliphatic hydroxyl groups is 1. The summed E-state index contributed by atoms with van der Waals surface area (Å²) in [4.78, 5) is 24.5. The van der Waals surface area contributed by atoms with E-state index in [0.29, 0.717) is 18.8 Å². The zero-order chi connectivity index (χ0) is 18.9. The van der Waals surface area contributed by atoms with Crippen LogP contribution in [0.4, 0.5) is 4.39 Å². The molecular weight excluding hydrogens is 335 g/mol. The zero-order valence-corrected chi connectivity index (χ0v) is 16.1. The Balaban J connectivity index is 1.66. The molecule has 0 unspecified atom stereocenters. The van der Waals surface area contributed by atoms with E-state index in [4.69, 9.17) is 4.74 Å². The van der Waals surface area contributed by atoms with Gasteiger partial charge in [0.15, 0.2) is 11.5 Å². The van der Waals surface area contributed by atoms with Gasteiger partial charge in [0.1, 0.15) is 6.10 Å². The van der Waals surface area contributed by atoms with E-state index < -0.39 is 17.2 Å². The summed E-state index contributed by atoms with van der Waals surface area (Å²) in [5.41, 5.74) is -2.66. The van der Waals surface area contributed by atoms with Crippen LogP contribution in [0.15, 0.2) is 0 Å². The Hall–Kier alpha value is -0.970. The third kappa shape index (κ3) is 2.28. The molecular formula is C21H31FO4. The van der Waals surface area contributed by atoms with E-state index in [1.807, 2.05) is 6.92 Å². The fourth-order valence-corrected chi connectivity index (χ4v) is 7.32. The predicted molar refractivity (Wildman–Crippen MR) is 94.0 cm³/mol. The third-order valence-corrected chi connectivity index (χ3v) is 8.76. The highest BCUT2D eigenvalue weighted by Crippen LogP contribution is 2.67. The molecule has 0 saturated heterocycles. The number of halogens is 1. The summed E-state index contributed by atoms with van der Waals surface area (Å²) >= 11 is 0. The second-order valence-corrected chi connectivity index (χ2v) is 9.84. The van der Waals surface area contributed by atoms with E-state index in [0.717, 1.165) is 25.7 Å². The Morgan fingerprint density at radius 2 is 1.88 bits per heavy atom. The zero-order valence-electron chi connectivity index (χ0n) is 16.1. The Bertz CT molecular complexity index is 636. The smallest absolute Gasteiger partial charge is 0.302 e. The molecule has 1 N–H and O–H groups in total. The molecule has 0 spiro atoms. The number of alkyl halides is 1. The van der Waals surface area contributed by atoms with E-state index in [1.54, 1.807) is 0 Å². The van der Waals surface area contributed by atoms with Gasteiger partial charge in [-0.2, -0.15) is 0 Å². The van der Waals surface area contributed by atoms with Crippen LogP contribution in [0.5, 0.6) is 0 Å². The Labute approximate surface area is 154 Å². The lowest BCUT2D eigenvalue weighted by atomic mass is 9.44. The monoisotopic (exact) mass is 366 g/mol. The summed E-state index contributed by atoms with van der Waals surface area (Å²) in [5, 5.41) is 10.0. The van der Waals surface area contributed by atoms with Crippen molar-refractivity contribution < 1.29 is 23.8 Å². The van der Waals surface area contributed by atoms with E-state index in [1.165, 1.54) is 6.92 Å². The van der Waals surface area contributed by atoms with Crippen molar-refractivity contribution in [1.29, 1.82) is 0 Å². The minimum absolute atomic E-state index is 0.0381. The number of aliphatic hydroxyl groups excluding tert-OH is 1. The van der Waals surface area contributed by atoms with Gasteiger partial charge in [-0.05, 0) is 56.3 Å². The number of ether oxygens (including phenoxy) is 1. The number of hydrogen-bond donors (Lipinski definition) is 1. The fraction of sp³-hybridized carbons (Fsp3) is 0.905. The predicted octanol–water partition coefficient (Wildman–Crippen LogP) is 3.59. The molecule has 0 aromatic heterocycles. The first-order chi connectivity index (χ1) is 12.1. The average molecular weight is 366 g/mol. The molecule has 0 aromatic rings. The first-order valence-corrected chi connectivity index (χ1v) is 10.2. The number of carbonyl (C=O) groups excluding carboxylic acids is 2. The molecule has 0 aromatic carbocycles. The van der Waals surface area contributed by atoms with Crippen LogP contribution in [0.1, 0.15) is 72.1 Å². The van der Waals surface area contributed by atoms with E-state index in [2.05, 4.69) is 6.92 Å². The first kappa shape index (κ1) is 18.4. The van der Waals surface area contributed by atoms with Gasteiger partial charge in [-0.3, -0.25) is 9.59 Å². The topological polar surface area (TPSA) is 63.6 Å². The standard InChI is InChI=1S/C21H31FO4/c1-12(23)26-18-5-4-15-14-10-17(25)21(22)11-13(24)6-9-20(21,3)16(14)7-8-19(15,18)2/h13-16,18,24H,4-11H2,1-3H3/t13-,14-,15-,16-,18-,19-,20+,21-/m0/s1. The normalized spacial score (nSPS) is 53.4. The van der Waals surface area contributed by atoms with Crippen LogP contribution >= 0.6 is 0 Å². The summed E-state index contributed by atoms with van der Waals surface area (Å²) in [6.45, 7) is 5.61. The largest absolute Gasteiger partial charge is 0.462 e.